The van der Waals surface area contributed by atoms with Crippen molar-refractivity contribution in [2.75, 3.05) is 13.7 Å². The zero-order valence-corrected chi connectivity index (χ0v) is 19.4. The third kappa shape index (κ3) is 6.87. The summed E-state index contributed by atoms with van der Waals surface area (Å²) in [5, 5.41) is 13.3. The van der Waals surface area contributed by atoms with Crippen LogP contribution < -0.4 is 21.7 Å². The van der Waals surface area contributed by atoms with Gasteiger partial charge in [0.15, 0.2) is 5.69 Å². The highest BCUT2D eigenvalue weighted by molar-refractivity contribution is 5.98. The summed E-state index contributed by atoms with van der Waals surface area (Å²) in [6, 6.07) is 12.5. The van der Waals surface area contributed by atoms with Crippen LogP contribution in [0.3, 0.4) is 0 Å². The molecule has 4 amide bonds. The molecule has 2 atom stereocenters. The molecular weight excluding hydrogens is 454 g/mol. The van der Waals surface area contributed by atoms with Crippen LogP contribution >= 0.6 is 0 Å². The molecule has 0 spiro atoms. The number of nitrogens with one attached hydrogen (secondary N) is 3. The van der Waals surface area contributed by atoms with Gasteiger partial charge in [0, 0.05) is 19.7 Å². The maximum atomic E-state index is 12.9. The van der Waals surface area contributed by atoms with E-state index in [0.717, 1.165) is 16.3 Å². The molecule has 11 nitrogen and oxygen atoms in total. The van der Waals surface area contributed by atoms with Crippen molar-refractivity contribution in [2.24, 2.45) is 5.73 Å². The summed E-state index contributed by atoms with van der Waals surface area (Å²) in [5.74, 6) is -2.42. The molecule has 35 heavy (non-hydrogen) atoms. The Morgan fingerprint density at radius 3 is 2.46 bits per heavy atom. The lowest BCUT2D eigenvalue weighted by molar-refractivity contribution is -0.132. The van der Waals surface area contributed by atoms with Gasteiger partial charge in [-0.15, -0.1) is 0 Å². The Kier molecular flexibility index (Phi) is 8.52. The van der Waals surface area contributed by atoms with E-state index >= 15 is 0 Å². The molecule has 5 N–H and O–H groups in total. The first-order valence-electron chi connectivity index (χ1n) is 10.8. The number of primary amides is 1. The van der Waals surface area contributed by atoms with Gasteiger partial charge < -0.3 is 30.9 Å². The predicted octanol–water partition coefficient (Wildman–Crippen LogP) is 0.558. The number of nitrogens with zero attached hydrogens (tertiary/aromatic N) is 1. The van der Waals surface area contributed by atoms with Gasteiger partial charge in [0.2, 0.25) is 17.7 Å². The fourth-order valence-corrected chi connectivity index (χ4v) is 3.49. The quantitative estimate of drug-likeness (QED) is 0.310. The van der Waals surface area contributed by atoms with E-state index < -0.39 is 42.1 Å². The van der Waals surface area contributed by atoms with E-state index in [-0.39, 0.29) is 18.8 Å². The van der Waals surface area contributed by atoms with Gasteiger partial charge in [-0.3, -0.25) is 19.2 Å². The number of nitrogens with two attached hydrogens (primary N) is 1. The van der Waals surface area contributed by atoms with Gasteiger partial charge in [0.25, 0.3) is 5.91 Å². The second-order valence-corrected chi connectivity index (χ2v) is 7.89. The van der Waals surface area contributed by atoms with Gasteiger partial charge in [-0.1, -0.05) is 47.6 Å². The molecule has 0 aliphatic heterocycles. The molecular formula is C24H27N5O6. The molecule has 0 saturated carbocycles. The number of carbonyl (C=O) groups excluding carboxylic acids is 4. The van der Waals surface area contributed by atoms with Crippen LogP contribution in [0.25, 0.3) is 10.8 Å². The normalized spacial score (nSPS) is 12.5. The van der Waals surface area contributed by atoms with Crippen molar-refractivity contribution >= 4 is 34.4 Å². The zero-order chi connectivity index (χ0) is 25.4. The van der Waals surface area contributed by atoms with Crippen LogP contribution in [0.1, 0.15) is 28.2 Å². The smallest absolute Gasteiger partial charge is 0.274 e. The number of fused-ring (bicyclic) bond motifs is 1. The molecule has 0 aliphatic rings. The molecule has 3 rings (SSSR count). The third-order valence-corrected chi connectivity index (χ3v) is 5.19. The van der Waals surface area contributed by atoms with Crippen LogP contribution in [0.4, 0.5) is 0 Å². The Balaban J connectivity index is 1.67. The van der Waals surface area contributed by atoms with E-state index in [9.17, 15) is 19.2 Å². The van der Waals surface area contributed by atoms with Crippen molar-refractivity contribution < 1.29 is 28.4 Å². The molecule has 1 heterocycles. The van der Waals surface area contributed by atoms with Gasteiger partial charge in [0.05, 0.1) is 13.0 Å². The number of hydrogen-bond donors (Lipinski definition) is 4. The number of ether oxygens (including phenoxy) is 1. The summed E-state index contributed by atoms with van der Waals surface area (Å²) in [6.07, 6.45) is -0.480. The molecule has 0 bridgehead atoms. The summed E-state index contributed by atoms with van der Waals surface area (Å²) in [5.41, 5.74) is 6.09. The Morgan fingerprint density at radius 1 is 1.03 bits per heavy atom. The molecule has 0 fully saturated rings. The van der Waals surface area contributed by atoms with Crippen LogP contribution in [0.15, 0.2) is 53.1 Å². The highest BCUT2D eigenvalue weighted by Crippen LogP contribution is 2.18. The Labute approximate surface area is 201 Å². The van der Waals surface area contributed by atoms with Crippen molar-refractivity contribution in [2.45, 2.75) is 32.0 Å². The van der Waals surface area contributed by atoms with Crippen molar-refractivity contribution in [3.63, 3.8) is 0 Å². The highest BCUT2D eigenvalue weighted by atomic mass is 16.5. The largest absolute Gasteiger partial charge is 0.382 e. The van der Waals surface area contributed by atoms with Gasteiger partial charge in [-0.05, 0) is 23.3 Å². The number of rotatable bonds is 11. The highest BCUT2D eigenvalue weighted by Gasteiger charge is 2.29. The van der Waals surface area contributed by atoms with Crippen LogP contribution in [-0.2, 0) is 25.7 Å². The first-order valence-corrected chi connectivity index (χ1v) is 10.8. The van der Waals surface area contributed by atoms with E-state index in [1.54, 1.807) is 6.92 Å². The number of amides is 4. The summed E-state index contributed by atoms with van der Waals surface area (Å²) < 4.78 is 9.94. The molecule has 0 radical (unpaired) electrons. The zero-order valence-electron chi connectivity index (χ0n) is 19.4. The minimum atomic E-state index is -1.33. The molecule has 1 aromatic heterocycles. The first-order chi connectivity index (χ1) is 16.8. The van der Waals surface area contributed by atoms with Gasteiger partial charge in [-0.25, -0.2) is 0 Å². The fourth-order valence-electron chi connectivity index (χ4n) is 3.49. The lowest BCUT2D eigenvalue weighted by Gasteiger charge is -2.22. The van der Waals surface area contributed by atoms with Crippen LogP contribution in [0, 0.1) is 6.92 Å². The average molecular weight is 482 g/mol. The van der Waals surface area contributed by atoms with E-state index in [1.165, 1.54) is 13.2 Å². The Bertz CT molecular complexity index is 1220. The molecule has 0 saturated heterocycles. The van der Waals surface area contributed by atoms with Crippen molar-refractivity contribution in [3.8, 4) is 0 Å². The summed E-state index contributed by atoms with van der Waals surface area (Å²) in [6.45, 7) is 1.69. The molecule has 11 heteroatoms. The van der Waals surface area contributed by atoms with Crippen LogP contribution in [0.2, 0.25) is 0 Å². The maximum absolute atomic E-state index is 12.9. The fraction of sp³-hybridized carbons (Fsp3) is 0.292. The molecule has 2 aromatic carbocycles. The number of hydrogen-bond acceptors (Lipinski definition) is 7. The van der Waals surface area contributed by atoms with Gasteiger partial charge in [0.1, 0.15) is 17.8 Å². The van der Waals surface area contributed by atoms with E-state index in [1.807, 2.05) is 42.5 Å². The summed E-state index contributed by atoms with van der Waals surface area (Å²) >= 11 is 0. The number of carbonyl (C=O) groups is 4. The molecule has 2 unspecified atom stereocenters. The van der Waals surface area contributed by atoms with E-state index in [0.29, 0.717) is 5.76 Å². The molecule has 184 valence electrons. The van der Waals surface area contributed by atoms with Gasteiger partial charge >= 0.3 is 0 Å². The minimum Gasteiger partial charge on any atom is -0.382 e. The van der Waals surface area contributed by atoms with E-state index in [4.69, 9.17) is 15.0 Å². The van der Waals surface area contributed by atoms with Gasteiger partial charge in [-0.2, -0.15) is 0 Å². The lowest BCUT2D eigenvalue weighted by atomic mass is 10.0. The van der Waals surface area contributed by atoms with Crippen molar-refractivity contribution in [3.05, 3.63) is 65.5 Å². The molecule has 0 aliphatic carbocycles. The standard InChI is InChI=1S/C24H27N5O6/c1-14-10-19(29-35-14)24(33)27-18(11-21(25)30)23(32)28-20(13-34-2)22(31)26-12-16-8-5-7-15-6-3-4-9-17(15)16/h3-10,18,20H,11-13H2,1-2H3,(H2,25,30)(H,26,31)(H,27,33)(H,28,32). The number of benzene rings is 2. The number of aryl methyl sites for hydroxylation is 1. The predicted molar refractivity (Wildman–Crippen MR) is 126 cm³/mol. The maximum Gasteiger partial charge on any atom is 0.274 e. The van der Waals surface area contributed by atoms with Crippen LogP contribution in [-0.4, -0.2) is 54.6 Å². The average Bonchev–Trinajstić information content (AvgIpc) is 3.27. The summed E-state index contributed by atoms with van der Waals surface area (Å²) in [4.78, 5) is 49.6. The molecule has 3 aromatic rings. The lowest BCUT2D eigenvalue weighted by Crippen LogP contribution is -2.55. The monoisotopic (exact) mass is 481 g/mol. The second kappa shape index (κ2) is 11.7. The Hall–Kier alpha value is -4.25. The summed E-state index contributed by atoms with van der Waals surface area (Å²) in [7, 11) is 1.38. The van der Waals surface area contributed by atoms with E-state index in [2.05, 4.69) is 21.1 Å². The first kappa shape index (κ1) is 25.4. The second-order valence-electron chi connectivity index (χ2n) is 7.89. The number of aromatic nitrogens is 1. The number of methoxy groups -OCH3 is 1. The Morgan fingerprint density at radius 2 is 1.77 bits per heavy atom. The SMILES string of the molecule is COCC(NC(=O)C(CC(N)=O)NC(=O)c1cc(C)on1)C(=O)NCc1cccc2ccccc12. The minimum absolute atomic E-state index is 0.0638. The van der Waals surface area contributed by atoms with Crippen molar-refractivity contribution in [1.29, 1.82) is 0 Å². The third-order valence-electron chi connectivity index (χ3n) is 5.19. The topological polar surface area (TPSA) is 166 Å². The van der Waals surface area contributed by atoms with Crippen LogP contribution in [0.5, 0.6) is 0 Å². The van der Waals surface area contributed by atoms with Crippen molar-refractivity contribution in [1.82, 2.24) is 21.1 Å².